The van der Waals surface area contributed by atoms with E-state index in [4.69, 9.17) is 4.74 Å². The van der Waals surface area contributed by atoms with E-state index in [1.807, 2.05) is 6.92 Å². The highest BCUT2D eigenvalue weighted by molar-refractivity contribution is 5.59. The van der Waals surface area contributed by atoms with Crippen LogP contribution in [0, 0.1) is 10.1 Å². The Morgan fingerprint density at radius 1 is 1.58 bits per heavy atom. The Kier molecular flexibility index (Phi) is 3.90. The van der Waals surface area contributed by atoms with Gasteiger partial charge in [-0.3, -0.25) is 10.1 Å². The number of ether oxygens (including phenoxy) is 1. The molecule has 1 unspecified atom stereocenters. The molecule has 19 heavy (non-hydrogen) atoms. The van der Waals surface area contributed by atoms with Crippen LogP contribution in [0.25, 0.3) is 0 Å². The van der Waals surface area contributed by atoms with Crippen LogP contribution in [0.5, 0.6) is 5.75 Å². The van der Waals surface area contributed by atoms with Gasteiger partial charge in [-0.25, -0.2) is 0 Å². The number of hydrogen-bond acceptors (Lipinski definition) is 5. The summed E-state index contributed by atoms with van der Waals surface area (Å²) in [6.07, 6.45) is 1.02. The molecule has 0 bridgehead atoms. The molecule has 1 fully saturated rings. The molecule has 2 N–H and O–H groups in total. The maximum atomic E-state index is 10.9. The van der Waals surface area contributed by atoms with Gasteiger partial charge in [-0.2, -0.15) is 0 Å². The van der Waals surface area contributed by atoms with Crippen LogP contribution >= 0.6 is 0 Å². The van der Waals surface area contributed by atoms with E-state index in [0.29, 0.717) is 12.4 Å². The summed E-state index contributed by atoms with van der Waals surface area (Å²) in [6.45, 7) is 6.21. The summed E-state index contributed by atoms with van der Waals surface area (Å²) in [4.78, 5) is 10.5. The van der Waals surface area contributed by atoms with Crippen molar-refractivity contribution in [3.63, 3.8) is 0 Å². The van der Waals surface area contributed by atoms with E-state index in [2.05, 4.69) is 17.6 Å². The molecular weight excluding hydrogens is 246 g/mol. The Bertz CT molecular complexity index is 470. The Morgan fingerprint density at radius 3 is 2.95 bits per heavy atom. The Morgan fingerprint density at radius 2 is 2.37 bits per heavy atom. The van der Waals surface area contributed by atoms with Gasteiger partial charge in [0.15, 0.2) is 5.75 Å². The summed E-state index contributed by atoms with van der Waals surface area (Å²) in [5, 5.41) is 17.6. The number of rotatable bonds is 5. The molecule has 0 aliphatic carbocycles. The van der Waals surface area contributed by atoms with E-state index in [0.717, 1.165) is 25.2 Å². The molecule has 2 rings (SSSR count). The Hall–Kier alpha value is -1.82. The van der Waals surface area contributed by atoms with Crippen LogP contribution in [0.2, 0.25) is 0 Å². The molecule has 1 heterocycles. The minimum Gasteiger partial charge on any atom is -0.487 e. The van der Waals surface area contributed by atoms with Gasteiger partial charge >= 0.3 is 5.69 Å². The summed E-state index contributed by atoms with van der Waals surface area (Å²) in [5.74, 6) is 0.312. The first kappa shape index (κ1) is 13.6. The van der Waals surface area contributed by atoms with Gasteiger partial charge in [-0.15, -0.1) is 0 Å². The molecule has 1 aromatic carbocycles. The minimum atomic E-state index is -0.423. The number of anilines is 1. The number of nitro benzene ring substituents is 1. The molecule has 0 radical (unpaired) electrons. The van der Waals surface area contributed by atoms with Gasteiger partial charge in [-0.1, -0.05) is 0 Å². The second-order valence-electron chi connectivity index (χ2n) is 4.99. The first-order valence-electron chi connectivity index (χ1n) is 6.44. The molecule has 1 aromatic rings. The fraction of sp³-hybridized carbons (Fsp3) is 0.538. The van der Waals surface area contributed by atoms with E-state index in [1.165, 1.54) is 6.07 Å². The fourth-order valence-electron chi connectivity index (χ4n) is 2.29. The SMILES string of the molecule is CCOc1cc(NC2(C)CCNC2)ccc1[N+](=O)[O-]. The van der Waals surface area contributed by atoms with Crippen LogP contribution in [-0.4, -0.2) is 30.2 Å². The van der Waals surface area contributed by atoms with Crippen LogP contribution in [0.1, 0.15) is 20.3 Å². The molecule has 0 amide bonds. The van der Waals surface area contributed by atoms with Crippen molar-refractivity contribution in [1.29, 1.82) is 0 Å². The molecule has 6 heteroatoms. The van der Waals surface area contributed by atoms with Gasteiger partial charge in [0.2, 0.25) is 0 Å². The summed E-state index contributed by atoms with van der Waals surface area (Å²) < 4.78 is 5.34. The predicted octanol–water partition coefficient (Wildman–Crippen LogP) is 2.16. The highest BCUT2D eigenvalue weighted by Gasteiger charge is 2.28. The lowest BCUT2D eigenvalue weighted by molar-refractivity contribution is -0.385. The molecule has 104 valence electrons. The third-order valence-corrected chi connectivity index (χ3v) is 3.27. The van der Waals surface area contributed by atoms with Crippen molar-refractivity contribution >= 4 is 11.4 Å². The zero-order valence-corrected chi connectivity index (χ0v) is 11.2. The van der Waals surface area contributed by atoms with E-state index in [-0.39, 0.29) is 11.2 Å². The van der Waals surface area contributed by atoms with Crippen molar-refractivity contribution < 1.29 is 9.66 Å². The number of benzene rings is 1. The monoisotopic (exact) mass is 265 g/mol. The molecule has 1 atom stereocenters. The van der Waals surface area contributed by atoms with Crippen LogP contribution in [0.15, 0.2) is 18.2 Å². The van der Waals surface area contributed by atoms with Crippen molar-refractivity contribution in [2.24, 2.45) is 0 Å². The lowest BCUT2D eigenvalue weighted by Crippen LogP contribution is -2.36. The highest BCUT2D eigenvalue weighted by Crippen LogP contribution is 2.32. The van der Waals surface area contributed by atoms with Crippen LogP contribution in [0.3, 0.4) is 0 Å². The first-order chi connectivity index (χ1) is 9.04. The summed E-state index contributed by atoms with van der Waals surface area (Å²) >= 11 is 0. The normalized spacial score (nSPS) is 22.2. The van der Waals surface area contributed by atoms with Crippen LogP contribution < -0.4 is 15.4 Å². The lowest BCUT2D eigenvalue weighted by Gasteiger charge is -2.26. The first-order valence-corrected chi connectivity index (χ1v) is 6.44. The molecule has 0 aromatic heterocycles. The second kappa shape index (κ2) is 5.44. The zero-order chi connectivity index (χ0) is 13.9. The molecule has 1 saturated heterocycles. The summed E-state index contributed by atoms with van der Waals surface area (Å²) in [6, 6.07) is 4.91. The third kappa shape index (κ3) is 3.14. The maximum absolute atomic E-state index is 10.9. The average molecular weight is 265 g/mol. The molecule has 1 aliphatic heterocycles. The quantitative estimate of drug-likeness (QED) is 0.630. The standard InChI is InChI=1S/C13H19N3O3/c1-3-19-12-8-10(4-5-11(12)16(17)18)15-13(2)6-7-14-9-13/h4-5,8,14-15H,3,6-7,9H2,1-2H3. The summed E-state index contributed by atoms with van der Waals surface area (Å²) in [5.41, 5.74) is 0.835. The molecular formula is C13H19N3O3. The predicted molar refractivity (Wildman–Crippen MR) is 73.8 cm³/mol. The third-order valence-electron chi connectivity index (χ3n) is 3.27. The second-order valence-corrected chi connectivity index (χ2v) is 4.99. The average Bonchev–Trinajstić information content (AvgIpc) is 2.76. The van der Waals surface area contributed by atoms with E-state index in [1.54, 1.807) is 12.1 Å². The van der Waals surface area contributed by atoms with Crippen LogP contribution in [-0.2, 0) is 0 Å². The number of nitrogens with one attached hydrogen (secondary N) is 2. The van der Waals surface area contributed by atoms with Gasteiger partial charge in [0.1, 0.15) is 0 Å². The minimum absolute atomic E-state index is 0.00194. The maximum Gasteiger partial charge on any atom is 0.311 e. The molecule has 1 aliphatic rings. The van der Waals surface area contributed by atoms with Gasteiger partial charge in [-0.05, 0) is 32.9 Å². The van der Waals surface area contributed by atoms with Crippen molar-refractivity contribution in [1.82, 2.24) is 5.32 Å². The van der Waals surface area contributed by atoms with E-state index < -0.39 is 4.92 Å². The van der Waals surface area contributed by atoms with E-state index >= 15 is 0 Å². The van der Waals surface area contributed by atoms with Crippen molar-refractivity contribution in [2.45, 2.75) is 25.8 Å². The fourth-order valence-corrected chi connectivity index (χ4v) is 2.29. The van der Waals surface area contributed by atoms with Crippen molar-refractivity contribution in [3.05, 3.63) is 28.3 Å². The molecule has 0 saturated carbocycles. The lowest BCUT2D eigenvalue weighted by atomic mass is 10.0. The Labute approximate surface area is 112 Å². The van der Waals surface area contributed by atoms with Gasteiger partial charge in [0.05, 0.1) is 11.5 Å². The number of hydrogen-bond donors (Lipinski definition) is 2. The molecule has 0 spiro atoms. The van der Waals surface area contributed by atoms with Gasteiger partial charge < -0.3 is 15.4 Å². The number of nitro groups is 1. The number of nitrogens with zero attached hydrogens (tertiary/aromatic N) is 1. The topological polar surface area (TPSA) is 76.4 Å². The smallest absolute Gasteiger partial charge is 0.311 e. The van der Waals surface area contributed by atoms with E-state index in [9.17, 15) is 10.1 Å². The summed E-state index contributed by atoms with van der Waals surface area (Å²) in [7, 11) is 0. The van der Waals surface area contributed by atoms with Crippen molar-refractivity contribution in [3.8, 4) is 5.75 Å². The van der Waals surface area contributed by atoms with Crippen LogP contribution in [0.4, 0.5) is 11.4 Å². The Balaban J connectivity index is 2.22. The molecule has 6 nitrogen and oxygen atoms in total. The zero-order valence-electron chi connectivity index (χ0n) is 11.2. The van der Waals surface area contributed by atoms with Crippen molar-refractivity contribution in [2.75, 3.05) is 25.0 Å². The van der Waals surface area contributed by atoms with Gasteiger partial charge in [0.25, 0.3) is 0 Å². The van der Waals surface area contributed by atoms with Gasteiger partial charge in [0, 0.05) is 29.9 Å². The largest absolute Gasteiger partial charge is 0.487 e. The highest BCUT2D eigenvalue weighted by atomic mass is 16.6.